The van der Waals surface area contributed by atoms with Crippen molar-refractivity contribution in [3.05, 3.63) is 58.6 Å². The number of hydrogen-bond acceptors (Lipinski definition) is 4. The van der Waals surface area contributed by atoms with Gasteiger partial charge in [-0.3, -0.25) is 9.80 Å². The predicted octanol–water partition coefficient (Wildman–Crippen LogP) is 4.13. The number of ether oxygens (including phenoxy) is 2. The highest BCUT2D eigenvalue weighted by atomic mass is 79.9. The van der Waals surface area contributed by atoms with E-state index in [4.69, 9.17) is 9.47 Å². The number of halogens is 1. The molecule has 3 heterocycles. The van der Waals surface area contributed by atoms with Crippen LogP contribution in [0.25, 0.3) is 0 Å². The van der Waals surface area contributed by atoms with E-state index in [0.717, 1.165) is 67.2 Å². The summed E-state index contributed by atoms with van der Waals surface area (Å²) in [4.78, 5) is 20.3. The average molecular weight is 486 g/mol. The summed E-state index contributed by atoms with van der Waals surface area (Å²) < 4.78 is 11.8. The zero-order valence-electron chi connectivity index (χ0n) is 17.8. The number of anilines is 1. The van der Waals surface area contributed by atoms with Gasteiger partial charge in [0, 0.05) is 29.8 Å². The molecule has 3 saturated heterocycles. The number of urea groups is 1. The van der Waals surface area contributed by atoms with Crippen molar-refractivity contribution >= 4 is 27.6 Å². The highest BCUT2D eigenvalue weighted by molar-refractivity contribution is 9.10. The fraction of sp³-hybridized carbons (Fsp3) is 0.458. The van der Waals surface area contributed by atoms with Crippen LogP contribution in [0.2, 0.25) is 0 Å². The maximum Gasteiger partial charge on any atom is 0.325 e. The van der Waals surface area contributed by atoms with Gasteiger partial charge in [-0.25, -0.2) is 4.79 Å². The molecule has 0 N–H and O–H groups in total. The van der Waals surface area contributed by atoms with Crippen LogP contribution in [-0.2, 0) is 11.3 Å². The molecule has 6 nitrogen and oxygen atoms in total. The molecule has 2 amide bonds. The largest absolute Gasteiger partial charge is 0.497 e. The summed E-state index contributed by atoms with van der Waals surface area (Å²) in [5.41, 5.74) is 1.89. The SMILES string of the molecule is COc1cccc(CN2C(=O)N(c3ccc(Br)cc3)CC23CCN(C2COC2)CC3)c1. The smallest absolute Gasteiger partial charge is 0.325 e. The monoisotopic (exact) mass is 485 g/mol. The Hall–Kier alpha value is -2.09. The summed E-state index contributed by atoms with van der Waals surface area (Å²) in [7, 11) is 1.68. The zero-order valence-corrected chi connectivity index (χ0v) is 19.4. The van der Waals surface area contributed by atoms with E-state index in [1.54, 1.807) is 7.11 Å². The van der Waals surface area contributed by atoms with Crippen molar-refractivity contribution < 1.29 is 14.3 Å². The molecule has 0 saturated carbocycles. The highest BCUT2D eigenvalue weighted by Gasteiger charge is 2.51. The quantitative estimate of drug-likeness (QED) is 0.638. The van der Waals surface area contributed by atoms with Gasteiger partial charge < -0.3 is 14.4 Å². The Labute approximate surface area is 191 Å². The van der Waals surface area contributed by atoms with Crippen molar-refractivity contribution in [3.63, 3.8) is 0 Å². The molecular formula is C24H28BrN3O3. The lowest BCUT2D eigenvalue weighted by Crippen LogP contribution is -2.59. The molecule has 0 atom stereocenters. The number of likely N-dealkylation sites (tertiary alicyclic amines) is 1. The molecular weight excluding hydrogens is 458 g/mol. The summed E-state index contributed by atoms with van der Waals surface area (Å²) in [5, 5.41) is 0. The lowest BCUT2D eigenvalue weighted by Gasteiger charge is -2.47. The van der Waals surface area contributed by atoms with Crippen molar-refractivity contribution in [2.45, 2.75) is 31.0 Å². The van der Waals surface area contributed by atoms with E-state index in [9.17, 15) is 4.79 Å². The number of hydrogen-bond donors (Lipinski definition) is 0. The van der Waals surface area contributed by atoms with Crippen LogP contribution in [0.3, 0.4) is 0 Å². The number of piperidine rings is 1. The van der Waals surface area contributed by atoms with E-state index in [2.05, 4.69) is 31.8 Å². The maximum atomic E-state index is 13.7. The molecule has 7 heteroatoms. The normalized spacial score (nSPS) is 21.5. The lowest BCUT2D eigenvalue weighted by molar-refractivity contribution is -0.0813. The van der Waals surface area contributed by atoms with Gasteiger partial charge in [0.2, 0.25) is 0 Å². The van der Waals surface area contributed by atoms with Crippen LogP contribution < -0.4 is 9.64 Å². The average Bonchev–Trinajstić information content (AvgIpc) is 3.01. The van der Waals surface area contributed by atoms with Gasteiger partial charge in [-0.05, 0) is 54.8 Å². The van der Waals surface area contributed by atoms with Gasteiger partial charge in [-0.2, -0.15) is 0 Å². The van der Waals surface area contributed by atoms with Gasteiger partial charge in [0.15, 0.2) is 0 Å². The molecule has 1 spiro atoms. The first-order chi connectivity index (χ1) is 15.1. The van der Waals surface area contributed by atoms with Crippen molar-refractivity contribution in [1.29, 1.82) is 0 Å². The van der Waals surface area contributed by atoms with Gasteiger partial charge in [0.1, 0.15) is 5.75 Å². The minimum absolute atomic E-state index is 0.0885. The van der Waals surface area contributed by atoms with Gasteiger partial charge in [-0.15, -0.1) is 0 Å². The van der Waals surface area contributed by atoms with Gasteiger partial charge >= 0.3 is 6.03 Å². The number of benzene rings is 2. The summed E-state index contributed by atoms with van der Waals surface area (Å²) in [6.45, 7) is 5.01. The molecule has 3 aliphatic rings. The Balaban J connectivity index is 1.42. The molecule has 0 bridgehead atoms. The van der Waals surface area contributed by atoms with E-state index >= 15 is 0 Å². The standard InChI is InChI=1S/C24H28BrN3O3/c1-30-22-4-2-3-18(13-22)14-28-23(29)27(20-7-5-19(25)6-8-20)17-24(28)9-11-26(12-10-24)21-15-31-16-21/h2-8,13,21H,9-12,14-17H2,1H3. The van der Waals surface area contributed by atoms with Crippen molar-refractivity contribution in [2.75, 3.05) is 44.9 Å². The predicted molar refractivity (Wildman–Crippen MR) is 124 cm³/mol. The fourth-order valence-electron chi connectivity index (χ4n) is 4.97. The fourth-order valence-corrected chi connectivity index (χ4v) is 5.24. The number of methoxy groups -OCH3 is 1. The summed E-state index contributed by atoms with van der Waals surface area (Å²) in [6.07, 6.45) is 1.96. The number of amides is 2. The van der Waals surface area contributed by atoms with Crippen molar-refractivity contribution in [2.24, 2.45) is 0 Å². The Morgan fingerprint density at radius 1 is 1.13 bits per heavy atom. The topological polar surface area (TPSA) is 45.2 Å². The van der Waals surface area contributed by atoms with Gasteiger partial charge in [-0.1, -0.05) is 28.1 Å². The van der Waals surface area contributed by atoms with Crippen LogP contribution >= 0.6 is 15.9 Å². The molecule has 164 valence electrons. The van der Waals surface area contributed by atoms with Crippen LogP contribution in [0.5, 0.6) is 5.75 Å². The molecule has 3 aliphatic heterocycles. The molecule has 0 unspecified atom stereocenters. The number of nitrogens with zero attached hydrogens (tertiary/aromatic N) is 3. The van der Waals surface area contributed by atoms with E-state index in [0.29, 0.717) is 12.6 Å². The Kier molecular flexibility index (Phi) is 5.67. The Bertz CT molecular complexity index is 939. The lowest BCUT2D eigenvalue weighted by atomic mass is 9.85. The molecule has 2 aromatic rings. The number of rotatable bonds is 5. The second kappa shape index (κ2) is 8.45. The van der Waals surface area contributed by atoms with Gasteiger partial charge in [0.25, 0.3) is 0 Å². The molecule has 3 fully saturated rings. The van der Waals surface area contributed by atoms with E-state index < -0.39 is 0 Å². The second-order valence-corrected chi connectivity index (χ2v) is 9.65. The minimum atomic E-state index is -0.158. The molecule has 0 aliphatic carbocycles. The first kappa shape index (κ1) is 20.8. The maximum absolute atomic E-state index is 13.7. The summed E-state index contributed by atoms with van der Waals surface area (Å²) >= 11 is 3.50. The van der Waals surface area contributed by atoms with Crippen LogP contribution in [0.1, 0.15) is 18.4 Å². The third-order valence-corrected chi connectivity index (χ3v) is 7.49. The molecule has 0 aromatic heterocycles. The summed E-state index contributed by atoms with van der Waals surface area (Å²) in [5.74, 6) is 0.822. The first-order valence-electron chi connectivity index (χ1n) is 10.9. The first-order valence-corrected chi connectivity index (χ1v) is 11.7. The minimum Gasteiger partial charge on any atom is -0.497 e. The zero-order chi connectivity index (χ0) is 21.4. The highest BCUT2D eigenvalue weighted by Crippen LogP contribution is 2.40. The van der Waals surface area contributed by atoms with Crippen LogP contribution in [0.4, 0.5) is 10.5 Å². The number of carbonyl (C=O) groups excluding carboxylic acids is 1. The van der Waals surface area contributed by atoms with Crippen molar-refractivity contribution in [1.82, 2.24) is 9.80 Å². The van der Waals surface area contributed by atoms with Crippen LogP contribution in [0, 0.1) is 0 Å². The molecule has 2 aromatic carbocycles. The summed E-state index contributed by atoms with van der Waals surface area (Å²) in [6, 6.07) is 16.7. The van der Waals surface area contributed by atoms with E-state index in [1.807, 2.05) is 47.4 Å². The third-order valence-electron chi connectivity index (χ3n) is 6.97. The van der Waals surface area contributed by atoms with E-state index in [1.165, 1.54) is 0 Å². The van der Waals surface area contributed by atoms with Crippen LogP contribution in [-0.4, -0.2) is 67.4 Å². The molecule has 31 heavy (non-hydrogen) atoms. The molecule has 5 rings (SSSR count). The van der Waals surface area contributed by atoms with Gasteiger partial charge in [0.05, 0.1) is 38.4 Å². The Morgan fingerprint density at radius 2 is 1.87 bits per heavy atom. The van der Waals surface area contributed by atoms with Crippen LogP contribution in [0.15, 0.2) is 53.0 Å². The van der Waals surface area contributed by atoms with Crippen molar-refractivity contribution in [3.8, 4) is 5.75 Å². The third kappa shape index (κ3) is 3.95. The molecule has 0 radical (unpaired) electrons. The number of carbonyl (C=O) groups is 1. The van der Waals surface area contributed by atoms with E-state index in [-0.39, 0.29) is 11.6 Å². The second-order valence-electron chi connectivity index (χ2n) is 8.73. The Morgan fingerprint density at radius 3 is 2.52 bits per heavy atom.